The molecule has 0 amide bonds. The molecule has 2 aromatic carbocycles. The highest BCUT2D eigenvalue weighted by molar-refractivity contribution is 9.10. The van der Waals surface area contributed by atoms with E-state index in [1.54, 1.807) is 12.1 Å². The average Bonchev–Trinajstić information content (AvgIpc) is 2.38. The Kier molecular flexibility index (Phi) is 5.19. The van der Waals surface area contributed by atoms with Gasteiger partial charge in [-0.1, -0.05) is 34.8 Å². The molecule has 6 heteroatoms. The molecule has 0 saturated carbocycles. The molecular weight excluding hydrogens is 387 g/mol. The molecule has 0 aliphatic carbocycles. The van der Waals surface area contributed by atoms with Crippen molar-refractivity contribution in [2.75, 3.05) is 5.32 Å². The first-order chi connectivity index (χ1) is 9.40. The minimum absolute atomic E-state index is 0.0302. The van der Waals surface area contributed by atoms with Crippen molar-refractivity contribution in [3.8, 4) is 0 Å². The SMILES string of the molecule is CC(Nc1ccc(Cl)cc1Br)c1c(Cl)ccc(F)c1Cl. The van der Waals surface area contributed by atoms with Crippen LogP contribution < -0.4 is 5.32 Å². The van der Waals surface area contributed by atoms with Crippen molar-refractivity contribution >= 4 is 56.4 Å². The van der Waals surface area contributed by atoms with Crippen LogP contribution in [0.5, 0.6) is 0 Å². The van der Waals surface area contributed by atoms with Crippen molar-refractivity contribution in [1.29, 1.82) is 0 Å². The summed E-state index contributed by atoms with van der Waals surface area (Å²) in [4.78, 5) is 0. The van der Waals surface area contributed by atoms with E-state index >= 15 is 0 Å². The maximum atomic E-state index is 13.5. The van der Waals surface area contributed by atoms with Gasteiger partial charge in [0.05, 0.1) is 11.1 Å². The molecule has 2 rings (SSSR count). The normalized spacial score (nSPS) is 12.3. The second-order valence-corrected chi connectivity index (χ2v) is 6.32. The highest BCUT2D eigenvalue weighted by Crippen LogP contribution is 2.35. The van der Waals surface area contributed by atoms with Crippen LogP contribution in [-0.4, -0.2) is 0 Å². The molecule has 0 aromatic heterocycles. The second kappa shape index (κ2) is 6.52. The lowest BCUT2D eigenvalue weighted by Crippen LogP contribution is -2.09. The molecule has 1 atom stereocenters. The zero-order valence-corrected chi connectivity index (χ0v) is 14.2. The Balaban J connectivity index is 2.33. The lowest BCUT2D eigenvalue weighted by Gasteiger charge is -2.19. The number of anilines is 1. The lowest BCUT2D eigenvalue weighted by atomic mass is 10.1. The molecule has 0 spiro atoms. The van der Waals surface area contributed by atoms with E-state index in [9.17, 15) is 4.39 Å². The van der Waals surface area contributed by atoms with Gasteiger partial charge in [-0.2, -0.15) is 0 Å². The van der Waals surface area contributed by atoms with Gasteiger partial charge in [0.1, 0.15) is 5.82 Å². The van der Waals surface area contributed by atoms with Crippen molar-refractivity contribution in [2.45, 2.75) is 13.0 Å². The van der Waals surface area contributed by atoms with Gasteiger partial charge in [0.15, 0.2) is 0 Å². The molecule has 1 N–H and O–H groups in total. The van der Waals surface area contributed by atoms with Crippen LogP contribution in [0.3, 0.4) is 0 Å². The minimum atomic E-state index is -0.491. The predicted molar refractivity (Wildman–Crippen MR) is 87.6 cm³/mol. The Morgan fingerprint density at radius 3 is 2.50 bits per heavy atom. The molecule has 0 heterocycles. The fraction of sp³-hybridized carbons (Fsp3) is 0.143. The molecular formula is C14H10BrCl3FN. The number of hydrogen-bond acceptors (Lipinski definition) is 1. The van der Waals surface area contributed by atoms with Crippen LogP contribution in [0.2, 0.25) is 15.1 Å². The van der Waals surface area contributed by atoms with Crippen LogP contribution in [0, 0.1) is 5.82 Å². The number of benzene rings is 2. The Labute approximate surface area is 140 Å². The van der Waals surface area contributed by atoms with Crippen molar-refractivity contribution in [3.63, 3.8) is 0 Å². The van der Waals surface area contributed by atoms with E-state index in [0.717, 1.165) is 10.2 Å². The van der Waals surface area contributed by atoms with Crippen LogP contribution in [0.1, 0.15) is 18.5 Å². The van der Waals surface area contributed by atoms with Crippen LogP contribution in [0.15, 0.2) is 34.8 Å². The van der Waals surface area contributed by atoms with Crippen molar-refractivity contribution in [2.24, 2.45) is 0 Å². The number of rotatable bonds is 3. The van der Waals surface area contributed by atoms with E-state index in [0.29, 0.717) is 15.6 Å². The summed E-state index contributed by atoms with van der Waals surface area (Å²) >= 11 is 21.4. The summed E-state index contributed by atoms with van der Waals surface area (Å²) in [6.07, 6.45) is 0. The zero-order chi connectivity index (χ0) is 14.9. The van der Waals surface area contributed by atoms with Gasteiger partial charge >= 0.3 is 0 Å². The molecule has 0 radical (unpaired) electrons. The summed E-state index contributed by atoms with van der Waals surface area (Å²) in [5.74, 6) is -0.491. The Morgan fingerprint density at radius 2 is 1.85 bits per heavy atom. The topological polar surface area (TPSA) is 12.0 Å². The van der Waals surface area contributed by atoms with Crippen LogP contribution >= 0.6 is 50.7 Å². The second-order valence-electron chi connectivity index (χ2n) is 4.25. The molecule has 1 nitrogen and oxygen atoms in total. The summed E-state index contributed by atoms with van der Waals surface area (Å²) < 4.78 is 14.4. The fourth-order valence-corrected chi connectivity index (χ4v) is 3.35. The molecule has 20 heavy (non-hydrogen) atoms. The smallest absolute Gasteiger partial charge is 0.142 e. The molecule has 0 bridgehead atoms. The number of nitrogens with one attached hydrogen (secondary N) is 1. The third kappa shape index (κ3) is 3.40. The molecule has 0 aliphatic heterocycles. The van der Waals surface area contributed by atoms with Gasteiger partial charge in [0, 0.05) is 25.8 Å². The summed E-state index contributed by atoms with van der Waals surface area (Å²) in [6.45, 7) is 1.85. The van der Waals surface area contributed by atoms with E-state index < -0.39 is 5.82 Å². The highest BCUT2D eigenvalue weighted by Gasteiger charge is 2.17. The first-order valence-corrected chi connectivity index (χ1v) is 7.68. The van der Waals surface area contributed by atoms with E-state index in [1.807, 2.05) is 13.0 Å². The van der Waals surface area contributed by atoms with E-state index in [4.69, 9.17) is 34.8 Å². The molecule has 2 aromatic rings. The van der Waals surface area contributed by atoms with Gasteiger partial charge in [-0.3, -0.25) is 0 Å². The lowest BCUT2D eigenvalue weighted by molar-refractivity contribution is 0.624. The van der Waals surface area contributed by atoms with E-state index in [1.165, 1.54) is 12.1 Å². The Hall–Kier alpha value is -0.480. The van der Waals surface area contributed by atoms with Crippen LogP contribution in [-0.2, 0) is 0 Å². The fourth-order valence-electron chi connectivity index (χ4n) is 1.85. The summed E-state index contributed by atoms with van der Waals surface area (Å²) in [5, 5.41) is 4.29. The highest BCUT2D eigenvalue weighted by atomic mass is 79.9. The van der Waals surface area contributed by atoms with Crippen molar-refractivity contribution in [1.82, 2.24) is 0 Å². The van der Waals surface area contributed by atoms with Gasteiger partial charge < -0.3 is 5.32 Å². The molecule has 106 valence electrons. The van der Waals surface area contributed by atoms with Crippen LogP contribution in [0.4, 0.5) is 10.1 Å². The predicted octanol–water partition coefficient (Wildman–Crippen LogP) is 6.72. The first-order valence-electron chi connectivity index (χ1n) is 5.75. The maximum absolute atomic E-state index is 13.5. The minimum Gasteiger partial charge on any atom is -0.377 e. The summed E-state index contributed by atoms with van der Waals surface area (Å²) in [7, 11) is 0. The summed E-state index contributed by atoms with van der Waals surface area (Å²) in [5.41, 5.74) is 1.34. The van der Waals surface area contributed by atoms with Gasteiger partial charge in [-0.05, 0) is 53.2 Å². The van der Waals surface area contributed by atoms with Gasteiger partial charge in [0.25, 0.3) is 0 Å². The maximum Gasteiger partial charge on any atom is 0.142 e. The van der Waals surface area contributed by atoms with E-state index in [2.05, 4.69) is 21.2 Å². The molecule has 0 fully saturated rings. The molecule has 0 saturated heterocycles. The third-order valence-corrected chi connectivity index (χ3v) is 4.42. The third-order valence-electron chi connectivity index (χ3n) is 2.82. The van der Waals surface area contributed by atoms with Gasteiger partial charge in [-0.15, -0.1) is 0 Å². The Bertz CT molecular complexity index is 649. The van der Waals surface area contributed by atoms with Crippen molar-refractivity contribution in [3.05, 3.63) is 61.3 Å². The molecule has 0 aliphatic rings. The first kappa shape index (κ1) is 15.9. The number of halogens is 5. The van der Waals surface area contributed by atoms with Crippen LogP contribution in [0.25, 0.3) is 0 Å². The summed E-state index contributed by atoms with van der Waals surface area (Å²) in [6, 6.07) is 7.83. The standard InChI is InChI=1S/C14H10BrCl3FN/c1-7(13-10(17)3-4-11(19)14(13)18)20-12-5-2-8(16)6-9(12)15/h2-7,20H,1H3. The molecule has 1 unspecified atom stereocenters. The number of hydrogen-bond donors (Lipinski definition) is 1. The van der Waals surface area contributed by atoms with E-state index in [-0.39, 0.29) is 11.1 Å². The Morgan fingerprint density at radius 1 is 1.15 bits per heavy atom. The van der Waals surface area contributed by atoms with Gasteiger partial charge in [-0.25, -0.2) is 4.39 Å². The van der Waals surface area contributed by atoms with Gasteiger partial charge in [0.2, 0.25) is 0 Å². The monoisotopic (exact) mass is 395 g/mol. The average molecular weight is 398 g/mol. The largest absolute Gasteiger partial charge is 0.377 e. The zero-order valence-electron chi connectivity index (χ0n) is 10.4. The quantitative estimate of drug-likeness (QED) is 0.567. The van der Waals surface area contributed by atoms with Crippen molar-refractivity contribution < 1.29 is 4.39 Å².